The van der Waals surface area contributed by atoms with E-state index in [-0.39, 0.29) is 0 Å². The molecule has 0 aliphatic carbocycles. The molecule has 5 heteroatoms. The molecule has 0 atom stereocenters. The first-order valence-corrected chi connectivity index (χ1v) is 5.87. The second kappa shape index (κ2) is 5.85. The van der Waals surface area contributed by atoms with E-state index >= 15 is 0 Å². The first-order valence-electron chi connectivity index (χ1n) is 5.87. The van der Waals surface area contributed by atoms with Gasteiger partial charge in [-0.15, -0.1) is 0 Å². The normalized spacial score (nSPS) is 9.65. The zero-order chi connectivity index (χ0) is 14.5. The van der Waals surface area contributed by atoms with Crippen molar-refractivity contribution < 1.29 is 14.2 Å². The maximum atomic E-state index is 8.97. The van der Waals surface area contributed by atoms with Gasteiger partial charge in [-0.3, -0.25) is 0 Å². The molecule has 0 fully saturated rings. The average Bonchev–Trinajstić information content (AvgIpc) is 2.48. The van der Waals surface area contributed by atoms with Crippen LogP contribution in [0.3, 0.4) is 0 Å². The van der Waals surface area contributed by atoms with E-state index in [0.29, 0.717) is 34.2 Å². The number of nitrogens with zero attached hydrogens (tertiary/aromatic N) is 1. The fraction of sp³-hybridized carbons (Fsp3) is 0.133. The minimum Gasteiger partial charge on any atom is -0.497 e. The molecular weight excluding hydrogens is 256 g/mol. The quantitative estimate of drug-likeness (QED) is 0.864. The van der Waals surface area contributed by atoms with Gasteiger partial charge in [-0.1, -0.05) is 0 Å². The van der Waals surface area contributed by atoms with Crippen LogP contribution < -0.4 is 19.9 Å². The van der Waals surface area contributed by atoms with Crippen molar-refractivity contribution in [2.45, 2.75) is 0 Å². The van der Waals surface area contributed by atoms with E-state index in [0.717, 1.165) is 0 Å². The molecule has 0 aliphatic rings. The summed E-state index contributed by atoms with van der Waals surface area (Å²) in [7, 11) is 3.07. The maximum absolute atomic E-state index is 8.97. The van der Waals surface area contributed by atoms with Crippen molar-refractivity contribution in [3.63, 3.8) is 0 Å². The first kappa shape index (κ1) is 13.6. The van der Waals surface area contributed by atoms with Gasteiger partial charge in [-0.05, 0) is 24.3 Å². The lowest BCUT2D eigenvalue weighted by atomic mass is 10.2. The third-order valence-corrected chi connectivity index (χ3v) is 2.69. The second-order valence-corrected chi connectivity index (χ2v) is 4.01. The maximum Gasteiger partial charge on any atom is 0.145 e. The van der Waals surface area contributed by atoms with Gasteiger partial charge in [0.2, 0.25) is 0 Å². The number of hydrogen-bond donors (Lipinski definition) is 1. The number of nitrogen functional groups attached to an aromatic ring is 1. The molecule has 0 bridgehead atoms. The van der Waals surface area contributed by atoms with Gasteiger partial charge in [0, 0.05) is 12.1 Å². The summed E-state index contributed by atoms with van der Waals surface area (Å²) in [6, 6.07) is 12.1. The standard InChI is InChI=1S/C15H14N2O3/c1-18-12-5-10(9-16)6-13(7-12)20-11-3-4-14(17)15(8-11)19-2/h3-8H,17H2,1-2H3. The van der Waals surface area contributed by atoms with E-state index in [9.17, 15) is 0 Å². The minimum absolute atomic E-state index is 0.460. The van der Waals surface area contributed by atoms with Gasteiger partial charge in [0.15, 0.2) is 0 Å². The zero-order valence-corrected chi connectivity index (χ0v) is 11.2. The predicted molar refractivity (Wildman–Crippen MR) is 75.2 cm³/mol. The van der Waals surface area contributed by atoms with E-state index in [1.807, 2.05) is 0 Å². The summed E-state index contributed by atoms with van der Waals surface area (Å²) >= 11 is 0. The lowest BCUT2D eigenvalue weighted by molar-refractivity contribution is 0.405. The average molecular weight is 270 g/mol. The van der Waals surface area contributed by atoms with E-state index in [2.05, 4.69) is 6.07 Å². The van der Waals surface area contributed by atoms with Crippen LogP contribution in [-0.2, 0) is 0 Å². The molecule has 2 aromatic rings. The van der Waals surface area contributed by atoms with Gasteiger partial charge in [0.1, 0.15) is 23.0 Å². The van der Waals surface area contributed by atoms with Crippen LogP contribution in [0.5, 0.6) is 23.0 Å². The van der Waals surface area contributed by atoms with Crippen LogP contribution in [0.2, 0.25) is 0 Å². The fourth-order valence-corrected chi connectivity index (χ4v) is 1.70. The number of rotatable bonds is 4. The molecule has 2 N–H and O–H groups in total. The molecular formula is C15H14N2O3. The Morgan fingerprint density at radius 3 is 2.35 bits per heavy atom. The van der Waals surface area contributed by atoms with Crippen molar-refractivity contribution in [1.29, 1.82) is 5.26 Å². The summed E-state index contributed by atoms with van der Waals surface area (Å²) in [4.78, 5) is 0. The highest BCUT2D eigenvalue weighted by Gasteiger charge is 2.06. The summed E-state index contributed by atoms with van der Waals surface area (Å²) in [5.74, 6) is 2.16. The first-order chi connectivity index (χ1) is 9.66. The Morgan fingerprint density at radius 1 is 0.950 bits per heavy atom. The number of nitriles is 1. The largest absolute Gasteiger partial charge is 0.497 e. The zero-order valence-electron chi connectivity index (χ0n) is 11.2. The SMILES string of the molecule is COc1cc(C#N)cc(Oc2ccc(N)c(OC)c2)c1. The van der Waals surface area contributed by atoms with Crippen molar-refractivity contribution in [3.05, 3.63) is 42.0 Å². The highest BCUT2D eigenvalue weighted by molar-refractivity contribution is 5.56. The number of benzene rings is 2. The molecule has 0 spiro atoms. The Hall–Kier alpha value is -2.87. The molecule has 0 radical (unpaired) electrons. The molecule has 0 saturated carbocycles. The summed E-state index contributed by atoms with van der Waals surface area (Å²) < 4.78 is 15.9. The Labute approximate surface area is 117 Å². The molecule has 2 aromatic carbocycles. The van der Waals surface area contributed by atoms with Crippen LogP contribution in [0.1, 0.15) is 5.56 Å². The second-order valence-electron chi connectivity index (χ2n) is 4.01. The van der Waals surface area contributed by atoms with E-state index < -0.39 is 0 Å². The van der Waals surface area contributed by atoms with E-state index in [1.54, 1.807) is 36.4 Å². The summed E-state index contributed by atoms with van der Waals surface area (Å²) in [5.41, 5.74) is 6.73. The van der Waals surface area contributed by atoms with Crippen LogP contribution in [0.4, 0.5) is 5.69 Å². The van der Waals surface area contributed by atoms with Gasteiger partial charge < -0.3 is 19.9 Å². The molecule has 0 aromatic heterocycles. The van der Waals surface area contributed by atoms with Gasteiger partial charge in [0.25, 0.3) is 0 Å². The lowest BCUT2D eigenvalue weighted by Crippen LogP contribution is -1.93. The highest BCUT2D eigenvalue weighted by Crippen LogP contribution is 2.31. The lowest BCUT2D eigenvalue weighted by Gasteiger charge is -2.10. The smallest absolute Gasteiger partial charge is 0.145 e. The summed E-state index contributed by atoms with van der Waals surface area (Å²) in [5, 5.41) is 8.97. The van der Waals surface area contributed by atoms with Gasteiger partial charge in [-0.2, -0.15) is 5.26 Å². The third-order valence-electron chi connectivity index (χ3n) is 2.69. The Kier molecular flexibility index (Phi) is 3.96. The molecule has 102 valence electrons. The minimum atomic E-state index is 0.460. The number of hydrogen-bond acceptors (Lipinski definition) is 5. The molecule has 0 heterocycles. The highest BCUT2D eigenvalue weighted by atomic mass is 16.5. The van der Waals surface area contributed by atoms with Crippen molar-refractivity contribution in [2.75, 3.05) is 20.0 Å². The summed E-state index contributed by atoms with van der Waals surface area (Å²) in [6.45, 7) is 0. The number of nitrogens with two attached hydrogens (primary N) is 1. The van der Waals surface area contributed by atoms with Gasteiger partial charge in [0.05, 0.1) is 31.5 Å². The Balaban J connectivity index is 2.32. The van der Waals surface area contributed by atoms with Crippen molar-refractivity contribution in [3.8, 4) is 29.1 Å². The topological polar surface area (TPSA) is 77.5 Å². The van der Waals surface area contributed by atoms with E-state index in [4.69, 9.17) is 25.2 Å². The summed E-state index contributed by atoms with van der Waals surface area (Å²) in [6.07, 6.45) is 0. The van der Waals surface area contributed by atoms with Gasteiger partial charge >= 0.3 is 0 Å². The Morgan fingerprint density at radius 2 is 1.70 bits per heavy atom. The van der Waals surface area contributed by atoms with Crippen LogP contribution in [-0.4, -0.2) is 14.2 Å². The van der Waals surface area contributed by atoms with Crippen LogP contribution in [0.15, 0.2) is 36.4 Å². The van der Waals surface area contributed by atoms with E-state index in [1.165, 1.54) is 14.2 Å². The number of methoxy groups -OCH3 is 2. The number of anilines is 1. The molecule has 0 aliphatic heterocycles. The molecule has 5 nitrogen and oxygen atoms in total. The fourth-order valence-electron chi connectivity index (χ4n) is 1.70. The molecule has 0 saturated heterocycles. The van der Waals surface area contributed by atoms with Crippen molar-refractivity contribution >= 4 is 5.69 Å². The molecule has 20 heavy (non-hydrogen) atoms. The van der Waals surface area contributed by atoms with Crippen LogP contribution in [0, 0.1) is 11.3 Å². The molecule has 2 rings (SSSR count). The molecule has 0 amide bonds. The number of ether oxygens (including phenoxy) is 3. The monoisotopic (exact) mass is 270 g/mol. The van der Waals surface area contributed by atoms with Crippen LogP contribution in [0.25, 0.3) is 0 Å². The van der Waals surface area contributed by atoms with Crippen molar-refractivity contribution in [2.24, 2.45) is 0 Å². The van der Waals surface area contributed by atoms with Crippen molar-refractivity contribution in [1.82, 2.24) is 0 Å². The Bertz CT molecular complexity index is 663. The van der Waals surface area contributed by atoms with Gasteiger partial charge in [-0.25, -0.2) is 0 Å². The van der Waals surface area contributed by atoms with Crippen LogP contribution >= 0.6 is 0 Å². The predicted octanol–water partition coefficient (Wildman–Crippen LogP) is 2.95. The molecule has 0 unspecified atom stereocenters. The third kappa shape index (κ3) is 2.93.